The second-order valence-electron chi connectivity index (χ2n) is 7.37. The van der Waals surface area contributed by atoms with Crippen LogP contribution in [0.1, 0.15) is 35.5 Å². The van der Waals surface area contributed by atoms with Crippen LogP contribution in [-0.2, 0) is 16.0 Å². The number of carbonyl (C=O) groups excluding carboxylic acids is 2. The summed E-state index contributed by atoms with van der Waals surface area (Å²) in [4.78, 5) is 38.6. The first kappa shape index (κ1) is 22.5. The summed E-state index contributed by atoms with van der Waals surface area (Å²) in [5, 5.41) is 2.97. The van der Waals surface area contributed by atoms with Crippen molar-refractivity contribution in [2.75, 3.05) is 6.61 Å². The van der Waals surface area contributed by atoms with Crippen LogP contribution in [0.3, 0.4) is 0 Å². The van der Waals surface area contributed by atoms with Crippen LogP contribution < -0.4 is 10.2 Å². The third-order valence-corrected chi connectivity index (χ3v) is 5.78. The van der Waals surface area contributed by atoms with Gasteiger partial charge in [0.1, 0.15) is 4.88 Å². The number of thiazole rings is 1. The van der Waals surface area contributed by atoms with Crippen LogP contribution in [0.5, 0.6) is 0 Å². The van der Waals surface area contributed by atoms with Crippen molar-refractivity contribution in [3.8, 4) is 11.1 Å². The molecule has 2 atom stereocenters. The van der Waals surface area contributed by atoms with Crippen LogP contribution in [0.2, 0.25) is 0 Å². The maximum atomic E-state index is 12.6. The van der Waals surface area contributed by atoms with E-state index < -0.39 is 0 Å². The highest BCUT2D eigenvalue weighted by Gasteiger charge is 2.23. The Balaban J connectivity index is 1.74. The summed E-state index contributed by atoms with van der Waals surface area (Å²) < 4.78 is 5.12. The zero-order valence-electron chi connectivity index (χ0n) is 17.6. The first-order valence-electron chi connectivity index (χ1n) is 10.3. The van der Waals surface area contributed by atoms with Gasteiger partial charge in [-0.1, -0.05) is 72.9 Å². The summed E-state index contributed by atoms with van der Waals surface area (Å²) in [5.74, 6) is -0.975. The average Bonchev–Trinajstić information content (AvgIpc) is 3.21. The van der Waals surface area contributed by atoms with E-state index in [1.807, 2.05) is 30.3 Å². The van der Waals surface area contributed by atoms with Crippen molar-refractivity contribution < 1.29 is 14.3 Å². The topological polar surface area (TPSA) is 88.3 Å². The molecule has 0 aliphatic heterocycles. The molecule has 0 aliphatic carbocycles. The van der Waals surface area contributed by atoms with Gasteiger partial charge in [-0.3, -0.25) is 14.4 Å². The average molecular weight is 439 g/mol. The Bertz CT molecular complexity index is 1060. The molecule has 1 amide bonds. The van der Waals surface area contributed by atoms with Gasteiger partial charge >= 0.3 is 10.8 Å². The van der Waals surface area contributed by atoms with Crippen molar-refractivity contribution in [2.24, 2.45) is 5.92 Å². The normalized spacial score (nSPS) is 12.7. The molecular formula is C24H26N2O4S. The Morgan fingerprint density at radius 1 is 1.06 bits per heavy atom. The molecule has 2 aromatic carbocycles. The highest BCUT2D eigenvalue weighted by molar-refractivity contribution is 7.11. The maximum Gasteiger partial charge on any atom is 0.308 e. The van der Waals surface area contributed by atoms with E-state index in [2.05, 4.69) is 34.6 Å². The van der Waals surface area contributed by atoms with Crippen molar-refractivity contribution >= 4 is 23.2 Å². The molecule has 1 heterocycles. The van der Waals surface area contributed by atoms with E-state index in [1.54, 1.807) is 13.8 Å². The van der Waals surface area contributed by atoms with Crippen LogP contribution >= 0.6 is 11.3 Å². The summed E-state index contributed by atoms with van der Waals surface area (Å²) in [6, 6.07) is 18.0. The largest absolute Gasteiger partial charge is 0.466 e. The molecular weight excluding hydrogens is 412 g/mol. The quantitative estimate of drug-likeness (QED) is 0.494. The number of hydrogen-bond acceptors (Lipinski definition) is 5. The van der Waals surface area contributed by atoms with Crippen molar-refractivity contribution in [3.63, 3.8) is 0 Å². The van der Waals surface area contributed by atoms with Gasteiger partial charge in [0.15, 0.2) is 0 Å². The van der Waals surface area contributed by atoms with E-state index in [0.717, 1.165) is 28.0 Å². The predicted octanol–water partition coefficient (Wildman–Crippen LogP) is 4.03. The Kier molecular flexibility index (Phi) is 7.78. The number of hydrogen-bond donors (Lipinski definition) is 2. The molecule has 3 rings (SSSR count). The van der Waals surface area contributed by atoms with Gasteiger partial charge in [-0.25, -0.2) is 0 Å². The number of H-pyrrole nitrogens is 1. The third kappa shape index (κ3) is 6.39. The van der Waals surface area contributed by atoms with Gasteiger partial charge in [-0.15, -0.1) is 0 Å². The molecule has 3 aromatic rings. The van der Waals surface area contributed by atoms with Crippen molar-refractivity contribution in [1.29, 1.82) is 0 Å². The number of esters is 1. The fourth-order valence-electron chi connectivity index (χ4n) is 3.40. The smallest absolute Gasteiger partial charge is 0.308 e. The van der Waals surface area contributed by atoms with E-state index in [0.29, 0.717) is 24.3 Å². The summed E-state index contributed by atoms with van der Waals surface area (Å²) >= 11 is 0.862. The molecule has 31 heavy (non-hydrogen) atoms. The lowest BCUT2D eigenvalue weighted by atomic mass is 9.95. The molecule has 0 aliphatic rings. The molecule has 0 fully saturated rings. The standard InChI is InChI=1S/C24H26N2O4S/c1-3-30-23(28)16(2)13-20(26-22(27)21-15-25-24(29)31-21)14-17-9-11-19(12-10-17)18-7-5-4-6-8-18/h4-12,15-16,20H,3,13-14H2,1-2H3,(H,25,29)(H,26,27)/t16-,20?/m1/s1. The van der Waals surface area contributed by atoms with Crippen molar-refractivity contribution in [2.45, 2.75) is 32.7 Å². The monoisotopic (exact) mass is 438 g/mol. The summed E-state index contributed by atoms with van der Waals surface area (Å²) in [7, 11) is 0. The zero-order chi connectivity index (χ0) is 22.2. The highest BCUT2D eigenvalue weighted by Crippen LogP contribution is 2.21. The third-order valence-electron chi connectivity index (χ3n) is 4.95. The maximum absolute atomic E-state index is 12.6. The molecule has 0 radical (unpaired) electrons. The Labute approximate surface area is 185 Å². The van der Waals surface area contributed by atoms with Crippen LogP contribution in [-0.4, -0.2) is 29.5 Å². The van der Waals surface area contributed by atoms with Crippen LogP contribution in [0.15, 0.2) is 65.6 Å². The molecule has 1 unspecified atom stereocenters. The molecule has 0 saturated heterocycles. The molecule has 162 valence electrons. The minimum absolute atomic E-state index is 0.280. The van der Waals surface area contributed by atoms with Gasteiger partial charge in [0.05, 0.1) is 12.5 Å². The molecule has 0 bridgehead atoms. The van der Waals surface area contributed by atoms with Gasteiger partial charge < -0.3 is 15.0 Å². The predicted molar refractivity (Wildman–Crippen MR) is 122 cm³/mol. The number of rotatable bonds is 9. The second-order valence-corrected chi connectivity index (χ2v) is 8.38. The zero-order valence-corrected chi connectivity index (χ0v) is 18.4. The van der Waals surface area contributed by atoms with Crippen LogP contribution in [0.4, 0.5) is 0 Å². The SMILES string of the molecule is CCOC(=O)[C@H](C)CC(Cc1ccc(-c2ccccc2)cc1)NC(=O)c1c[nH]c(=O)s1. The van der Waals surface area contributed by atoms with E-state index in [-0.39, 0.29) is 28.7 Å². The number of amides is 1. The minimum Gasteiger partial charge on any atom is -0.466 e. The first-order chi connectivity index (χ1) is 15.0. The first-order valence-corrected chi connectivity index (χ1v) is 11.1. The molecule has 0 spiro atoms. The van der Waals surface area contributed by atoms with Gasteiger partial charge in [0, 0.05) is 12.2 Å². The molecule has 1 aromatic heterocycles. The van der Waals surface area contributed by atoms with Crippen LogP contribution in [0.25, 0.3) is 11.1 Å². The molecule has 6 nitrogen and oxygen atoms in total. The lowest BCUT2D eigenvalue weighted by molar-refractivity contribution is -0.147. The summed E-state index contributed by atoms with van der Waals surface area (Å²) in [6.45, 7) is 3.88. The summed E-state index contributed by atoms with van der Waals surface area (Å²) in [6.07, 6.45) is 2.40. The minimum atomic E-state index is -0.362. The Hall–Kier alpha value is -3.19. The number of ether oxygens (including phenoxy) is 1. The van der Waals surface area contributed by atoms with Gasteiger partial charge in [0.2, 0.25) is 0 Å². The number of benzene rings is 2. The van der Waals surface area contributed by atoms with Crippen LogP contribution in [0, 0.1) is 5.92 Å². The number of carbonyl (C=O) groups is 2. The summed E-state index contributed by atoms with van der Waals surface area (Å²) in [5.41, 5.74) is 3.29. The fourth-order valence-corrected chi connectivity index (χ4v) is 3.99. The van der Waals surface area contributed by atoms with Gasteiger partial charge in [-0.05, 0) is 36.5 Å². The van der Waals surface area contributed by atoms with E-state index >= 15 is 0 Å². The highest BCUT2D eigenvalue weighted by atomic mass is 32.1. The molecule has 0 saturated carbocycles. The van der Waals surface area contributed by atoms with E-state index in [1.165, 1.54) is 6.20 Å². The van der Waals surface area contributed by atoms with Crippen molar-refractivity contribution in [1.82, 2.24) is 10.3 Å². The molecule has 7 heteroatoms. The number of nitrogens with one attached hydrogen (secondary N) is 2. The van der Waals surface area contributed by atoms with E-state index in [4.69, 9.17) is 4.74 Å². The Morgan fingerprint density at radius 2 is 1.74 bits per heavy atom. The molecule has 2 N–H and O–H groups in total. The number of aromatic amines is 1. The number of aromatic nitrogens is 1. The second kappa shape index (κ2) is 10.7. The van der Waals surface area contributed by atoms with Gasteiger partial charge in [0.25, 0.3) is 5.91 Å². The fraction of sp³-hybridized carbons (Fsp3) is 0.292. The van der Waals surface area contributed by atoms with Gasteiger partial charge in [-0.2, -0.15) is 0 Å². The Morgan fingerprint density at radius 3 is 2.35 bits per heavy atom. The van der Waals surface area contributed by atoms with E-state index in [9.17, 15) is 14.4 Å². The lowest BCUT2D eigenvalue weighted by Crippen LogP contribution is -2.38. The van der Waals surface area contributed by atoms with Crippen molar-refractivity contribution in [3.05, 3.63) is 80.9 Å². The lowest BCUT2D eigenvalue weighted by Gasteiger charge is -2.21.